The first kappa shape index (κ1) is 15.8. The fourth-order valence-corrected chi connectivity index (χ4v) is 1.48. The zero-order chi connectivity index (χ0) is 15.0. The molecule has 2 rings (SSSR count). The Labute approximate surface area is 116 Å². The van der Waals surface area contributed by atoms with Crippen LogP contribution in [0.3, 0.4) is 0 Å². The average Bonchev–Trinajstić information content (AvgIpc) is 2.43. The third-order valence-corrected chi connectivity index (χ3v) is 2.61. The lowest BCUT2D eigenvalue weighted by Gasteiger charge is -2.05. The van der Waals surface area contributed by atoms with Crippen molar-refractivity contribution in [1.29, 1.82) is 0 Å². The molecule has 0 fully saturated rings. The molecule has 0 aliphatic rings. The molecule has 1 atom stereocenters. The molecule has 0 radical (unpaired) electrons. The summed E-state index contributed by atoms with van der Waals surface area (Å²) in [4.78, 5) is 10.5. The summed E-state index contributed by atoms with van der Waals surface area (Å²) < 4.78 is 24.4. The van der Waals surface area contributed by atoms with Gasteiger partial charge < -0.3 is 5.11 Å². The second-order valence-corrected chi connectivity index (χ2v) is 4.37. The minimum absolute atomic E-state index is 0.178. The largest absolute Gasteiger partial charge is 0.481 e. The van der Waals surface area contributed by atoms with Gasteiger partial charge in [0.15, 0.2) is 0 Å². The molecule has 4 heteroatoms. The summed E-state index contributed by atoms with van der Waals surface area (Å²) in [7, 11) is 0. The number of halogens is 2. The van der Waals surface area contributed by atoms with Gasteiger partial charge in [0, 0.05) is 0 Å². The second-order valence-electron chi connectivity index (χ2n) is 4.37. The maximum Gasteiger partial charge on any atom is 0.306 e. The van der Waals surface area contributed by atoms with Gasteiger partial charge in [-0.05, 0) is 36.2 Å². The fourth-order valence-electron chi connectivity index (χ4n) is 1.48. The van der Waals surface area contributed by atoms with Gasteiger partial charge >= 0.3 is 5.97 Å². The van der Waals surface area contributed by atoms with Gasteiger partial charge in [-0.2, -0.15) is 0 Å². The van der Waals surface area contributed by atoms with Crippen molar-refractivity contribution in [3.05, 3.63) is 71.8 Å². The van der Waals surface area contributed by atoms with Crippen LogP contribution in [0.1, 0.15) is 12.5 Å². The number of carbonyl (C=O) groups is 1. The summed E-state index contributed by atoms with van der Waals surface area (Å²) in [5.41, 5.74) is 0.844. The highest BCUT2D eigenvalue weighted by Crippen LogP contribution is 2.09. The maximum absolute atomic E-state index is 12.5. The topological polar surface area (TPSA) is 37.3 Å². The van der Waals surface area contributed by atoms with Gasteiger partial charge in [0.25, 0.3) is 0 Å². The molecular weight excluding hydrogens is 262 g/mol. The molecule has 0 saturated carbocycles. The van der Waals surface area contributed by atoms with E-state index in [0.29, 0.717) is 6.42 Å². The van der Waals surface area contributed by atoms with Crippen molar-refractivity contribution >= 4 is 5.97 Å². The van der Waals surface area contributed by atoms with E-state index < -0.39 is 11.9 Å². The summed E-state index contributed by atoms with van der Waals surface area (Å²) in [5, 5.41) is 8.62. The lowest BCUT2D eigenvalue weighted by atomic mass is 10.0. The van der Waals surface area contributed by atoms with Gasteiger partial charge in [-0.15, -0.1) is 0 Å². The van der Waals surface area contributed by atoms with E-state index in [1.807, 2.05) is 0 Å². The number of rotatable bonds is 3. The molecule has 0 saturated heterocycles. The van der Waals surface area contributed by atoms with E-state index in [1.165, 1.54) is 24.3 Å². The van der Waals surface area contributed by atoms with E-state index in [2.05, 4.69) is 0 Å². The van der Waals surface area contributed by atoms with E-state index >= 15 is 0 Å². The Balaban J connectivity index is 0.000000240. The number of benzene rings is 2. The summed E-state index contributed by atoms with van der Waals surface area (Å²) in [6.07, 6.45) is 0.440. The van der Waals surface area contributed by atoms with E-state index in [9.17, 15) is 13.6 Å². The molecule has 20 heavy (non-hydrogen) atoms. The van der Waals surface area contributed by atoms with Crippen LogP contribution in [0.25, 0.3) is 0 Å². The molecule has 1 N–H and O–H groups in total. The average molecular weight is 278 g/mol. The van der Waals surface area contributed by atoms with Crippen LogP contribution < -0.4 is 0 Å². The van der Waals surface area contributed by atoms with Crippen LogP contribution in [-0.2, 0) is 11.2 Å². The minimum Gasteiger partial charge on any atom is -0.481 e. The Kier molecular flexibility index (Phi) is 6.37. The highest BCUT2D eigenvalue weighted by Gasteiger charge is 2.10. The van der Waals surface area contributed by atoms with Crippen molar-refractivity contribution in [3.8, 4) is 0 Å². The van der Waals surface area contributed by atoms with Crippen molar-refractivity contribution < 1.29 is 18.7 Å². The molecule has 0 heterocycles. The van der Waals surface area contributed by atoms with Crippen molar-refractivity contribution in [1.82, 2.24) is 0 Å². The van der Waals surface area contributed by atoms with Gasteiger partial charge in [0.1, 0.15) is 11.6 Å². The molecule has 0 spiro atoms. The number of aliphatic carboxylic acids is 1. The van der Waals surface area contributed by atoms with E-state index in [0.717, 1.165) is 5.56 Å². The van der Waals surface area contributed by atoms with Crippen LogP contribution in [0.2, 0.25) is 0 Å². The molecule has 0 aliphatic carbocycles. The second kappa shape index (κ2) is 8.04. The first-order valence-corrected chi connectivity index (χ1v) is 6.17. The lowest BCUT2D eigenvalue weighted by Crippen LogP contribution is -2.12. The summed E-state index contributed by atoms with van der Waals surface area (Å²) in [5.74, 6) is -1.73. The first-order valence-electron chi connectivity index (χ1n) is 6.17. The third kappa shape index (κ3) is 6.09. The predicted molar refractivity (Wildman–Crippen MR) is 73.3 cm³/mol. The summed E-state index contributed by atoms with van der Waals surface area (Å²) >= 11 is 0. The van der Waals surface area contributed by atoms with Crippen LogP contribution in [0.5, 0.6) is 0 Å². The standard InChI is InChI=1S/C10H11FO2.C6H5F/c1-7(10(12)13)6-8-2-4-9(11)5-3-8;7-6-4-2-1-3-5-6/h2-5,7H,6H2,1H3,(H,12,13);1-5H/t7-;/m0./s1. The molecule has 0 bridgehead atoms. The first-order chi connectivity index (χ1) is 9.49. The molecule has 2 nitrogen and oxygen atoms in total. The quantitative estimate of drug-likeness (QED) is 0.924. The maximum atomic E-state index is 12.5. The molecular formula is C16H16F2O2. The van der Waals surface area contributed by atoms with Crippen molar-refractivity contribution in [2.24, 2.45) is 5.92 Å². The Morgan fingerprint density at radius 1 is 1.00 bits per heavy atom. The zero-order valence-corrected chi connectivity index (χ0v) is 11.1. The normalized spacial score (nSPS) is 11.2. The molecule has 0 aromatic heterocycles. The zero-order valence-electron chi connectivity index (χ0n) is 11.1. The van der Waals surface area contributed by atoms with E-state index in [-0.39, 0.29) is 11.6 Å². The van der Waals surface area contributed by atoms with Gasteiger partial charge in [-0.3, -0.25) is 4.79 Å². The number of hydrogen-bond acceptors (Lipinski definition) is 1. The van der Waals surface area contributed by atoms with Crippen LogP contribution in [0.4, 0.5) is 8.78 Å². The van der Waals surface area contributed by atoms with Gasteiger partial charge in [-0.25, -0.2) is 8.78 Å². The molecule has 2 aromatic rings. The third-order valence-electron chi connectivity index (χ3n) is 2.61. The molecule has 106 valence electrons. The SMILES string of the molecule is C[C@@H](Cc1ccc(F)cc1)C(=O)O.Fc1ccccc1. The minimum atomic E-state index is -0.829. The number of hydrogen-bond donors (Lipinski definition) is 1. The van der Waals surface area contributed by atoms with Crippen LogP contribution >= 0.6 is 0 Å². The lowest BCUT2D eigenvalue weighted by molar-refractivity contribution is -0.141. The Bertz CT molecular complexity index is 524. The van der Waals surface area contributed by atoms with Crippen LogP contribution in [0.15, 0.2) is 54.6 Å². The van der Waals surface area contributed by atoms with Gasteiger partial charge in [0.2, 0.25) is 0 Å². The fraction of sp³-hybridized carbons (Fsp3) is 0.188. The van der Waals surface area contributed by atoms with Crippen molar-refractivity contribution in [3.63, 3.8) is 0 Å². The predicted octanol–water partition coefficient (Wildman–Crippen LogP) is 3.91. The molecule has 0 unspecified atom stereocenters. The number of carboxylic acid groups (broad SMARTS) is 1. The van der Waals surface area contributed by atoms with Gasteiger partial charge in [0.05, 0.1) is 5.92 Å². The van der Waals surface area contributed by atoms with Gasteiger partial charge in [-0.1, -0.05) is 37.3 Å². The Morgan fingerprint density at radius 3 is 1.90 bits per heavy atom. The van der Waals surface area contributed by atoms with Crippen molar-refractivity contribution in [2.75, 3.05) is 0 Å². The van der Waals surface area contributed by atoms with Crippen LogP contribution in [0, 0.1) is 17.6 Å². The Hall–Kier alpha value is -2.23. The Morgan fingerprint density at radius 2 is 1.50 bits per heavy atom. The highest BCUT2D eigenvalue weighted by atomic mass is 19.1. The van der Waals surface area contributed by atoms with E-state index in [1.54, 1.807) is 37.3 Å². The molecule has 0 aliphatic heterocycles. The highest BCUT2D eigenvalue weighted by molar-refractivity contribution is 5.69. The van der Waals surface area contributed by atoms with Crippen LogP contribution in [-0.4, -0.2) is 11.1 Å². The van der Waals surface area contributed by atoms with Crippen molar-refractivity contribution in [2.45, 2.75) is 13.3 Å². The molecule has 0 amide bonds. The number of carboxylic acids is 1. The summed E-state index contributed by atoms with van der Waals surface area (Å²) in [6.45, 7) is 1.63. The monoisotopic (exact) mass is 278 g/mol. The van der Waals surface area contributed by atoms with E-state index in [4.69, 9.17) is 5.11 Å². The molecule has 2 aromatic carbocycles. The smallest absolute Gasteiger partial charge is 0.306 e. The summed E-state index contributed by atoms with van der Waals surface area (Å²) in [6, 6.07) is 13.8.